The van der Waals surface area contributed by atoms with Crippen LogP contribution >= 0.6 is 0 Å². The van der Waals surface area contributed by atoms with Crippen LogP contribution in [0.1, 0.15) is 13.8 Å². The normalized spacial score (nSPS) is 11.5. The molecule has 1 radical (unpaired) electrons. The molecular weight excluding hydrogens is 167 g/mol. The number of halogens is 1. The van der Waals surface area contributed by atoms with Gasteiger partial charge in [0.25, 0.3) is 0 Å². The highest BCUT2D eigenvalue weighted by molar-refractivity contribution is 5.22. The summed E-state index contributed by atoms with van der Waals surface area (Å²) in [5, 5.41) is 0. The lowest BCUT2D eigenvalue weighted by Gasteiger charge is -2.05. The molecule has 1 aromatic rings. The quantitative estimate of drug-likeness (QED) is 0.648. The van der Waals surface area contributed by atoms with Crippen molar-refractivity contribution in [3.8, 4) is 5.75 Å². The summed E-state index contributed by atoms with van der Waals surface area (Å²) in [7, 11) is 0. The van der Waals surface area contributed by atoms with E-state index in [-0.39, 0.29) is 0 Å². The highest BCUT2D eigenvalue weighted by Gasteiger charge is 1.95. The van der Waals surface area contributed by atoms with Gasteiger partial charge in [0, 0.05) is 12.1 Å². The Bertz CT molecular complexity index is 305. The van der Waals surface area contributed by atoms with Gasteiger partial charge in [0.2, 0.25) is 0 Å². The zero-order valence-corrected chi connectivity index (χ0v) is 7.80. The molecule has 0 spiro atoms. The van der Waals surface area contributed by atoms with Gasteiger partial charge in [-0.2, -0.15) is 0 Å². The van der Waals surface area contributed by atoms with Crippen molar-refractivity contribution in [1.29, 1.82) is 0 Å². The number of ether oxygens (including phenoxy) is 1. The highest BCUT2D eigenvalue weighted by Crippen LogP contribution is 2.12. The van der Waals surface area contributed by atoms with Gasteiger partial charge in [0.1, 0.15) is 18.2 Å². The molecule has 0 aliphatic heterocycles. The van der Waals surface area contributed by atoms with Crippen molar-refractivity contribution in [2.75, 3.05) is 6.61 Å². The van der Waals surface area contributed by atoms with E-state index in [1.165, 1.54) is 12.1 Å². The van der Waals surface area contributed by atoms with Crippen molar-refractivity contribution in [2.45, 2.75) is 13.8 Å². The van der Waals surface area contributed by atoms with E-state index in [0.717, 1.165) is 5.57 Å². The third kappa shape index (κ3) is 3.28. The third-order valence-corrected chi connectivity index (χ3v) is 1.70. The minimum absolute atomic E-state index is 0.393. The molecule has 0 amide bonds. The van der Waals surface area contributed by atoms with Gasteiger partial charge in [-0.15, -0.1) is 0 Å². The molecule has 0 aliphatic carbocycles. The summed E-state index contributed by atoms with van der Waals surface area (Å²) in [6.07, 6.45) is 1.96. The lowest BCUT2D eigenvalue weighted by atomic mass is 10.3. The van der Waals surface area contributed by atoms with Crippen LogP contribution in [0.3, 0.4) is 0 Å². The molecule has 1 aromatic carbocycles. The first-order valence-electron chi connectivity index (χ1n) is 4.14. The summed E-state index contributed by atoms with van der Waals surface area (Å²) in [4.78, 5) is 0. The van der Waals surface area contributed by atoms with Crippen LogP contribution in [0.4, 0.5) is 4.39 Å². The molecule has 0 heterocycles. The van der Waals surface area contributed by atoms with Gasteiger partial charge in [-0.1, -0.05) is 6.08 Å². The third-order valence-electron chi connectivity index (χ3n) is 1.70. The Morgan fingerprint density at radius 2 is 2.46 bits per heavy atom. The van der Waals surface area contributed by atoms with Crippen molar-refractivity contribution in [3.05, 3.63) is 41.7 Å². The van der Waals surface area contributed by atoms with Gasteiger partial charge < -0.3 is 4.74 Å². The topological polar surface area (TPSA) is 9.23 Å². The molecule has 0 saturated heterocycles. The lowest BCUT2D eigenvalue weighted by Crippen LogP contribution is -1.98. The molecule has 13 heavy (non-hydrogen) atoms. The van der Waals surface area contributed by atoms with Crippen LogP contribution in [0.5, 0.6) is 5.75 Å². The first kappa shape index (κ1) is 9.78. The molecule has 2 heteroatoms. The van der Waals surface area contributed by atoms with Crippen LogP contribution in [0.2, 0.25) is 0 Å². The fourth-order valence-electron chi connectivity index (χ4n) is 0.788. The van der Waals surface area contributed by atoms with E-state index in [1.54, 1.807) is 6.07 Å². The molecule has 1 rings (SSSR count). The average Bonchev–Trinajstić information content (AvgIpc) is 2.14. The fourth-order valence-corrected chi connectivity index (χ4v) is 0.788. The van der Waals surface area contributed by atoms with Gasteiger partial charge in [-0.25, -0.2) is 4.39 Å². The molecule has 0 atom stereocenters. The van der Waals surface area contributed by atoms with Gasteiger partial charge in [-0.3, -0.25) is 0 Å². The molecule has 0 fully saturated rings. The minimum atomic E-state index is -0.393. The van der Waals surface area contributed by atoms with E-state index >= 15 is 0 Å². The molecule has 69 valence electrons. The first-order chi connectivity index (χ1) is 6.22. The summed E-state index contributed by atoms with van der Waals surface area (Å²) in [5.41, 5.74) is 1.12. The van der Waals surface area contributed by atoms with Crippen LogP contribution in [0, 0.1) is 11.9 Å². The van der Waals surface area contributed by atoms with Crippen LogP contribution in [0.25, 0.3) is 0 Å². The van der Waals surface area contributed by atoms with Gasteiger partial charge in [0.15, 0.2) is 0 Å². The van der Waals surface area contributed by atoms with E-state index in [0.29, 0.717) is 12.4 Å². The number of benzene rings is 1. The summed E-state index contributed by atoms with van der Waals surface area (Å²) in [6, 6.07) is 6.93. The Morgan fingerprint density at radius 3 is 3.08 bits per heavy atom. The number of allylic oxidation sites excluding steroid dienone is 1. The van der Waals surface area contributed by atoms with Crippen molar-refractivity contribution < 1.29 is 9.13 Å². The minimum Gasteiger partial charge on any atom is -0.489 e. The SMILES string of the molecule is CC=C(C)COc1cc[c]c(F)c1. The maximum absolute atomic E-state index is 12.6. The fraction of sp³-hybridized carbons (Fsp3) is 0.273. The van der Waals surface area contributed by atoms with E-state index in [4.69, 9.17) is 4.74 Å². The average molecular weight is 179 g/mol. The van der Waals surface area contributed by atoms with E-state index in [1.807, 2.05) is 19.9 Å². The molecule has 0 aromatic heterocycles. The number of rotatable bonds is 3. The molecule has 0 bridgehead atoms. The van der Waals surface area contributed by atoms with E-state index in [9.17, 15) is 4.39 Å². The second-order valence-corrected chi connectivity index (χ2v) is 2.80. The van der Waals surface area contributed by atoms with Crippen LogP contribution in [-0.2, 0) is 0 Å². The predicted octanol–water partition coefficient (Wildman–Crippen LogP) is 2.97. The summed E-state index contributed by atoms with van der Waals surface area (Å²) in [6.45, 7) is 4.41. The van der Waals surface area contributed by atoms with Crippen molar-refractivity contribution in [3.63, 3.8) is 0 Å². The molecule has 0 unspecified atom stereocenters. The van der Waals surface area contributed by atoms with Crippen LogP contribution in [-0.4, -0.2) is 6.61 Å². The highest BCUT2D eigenvalue weighted by atomic mass is 19.1. The Morgan fingerprint density at radius 1 is 1.69 bits per heavy atom. The molecule has 0 N–H and O–H groups in total. The predicted molar refractivity (Wildman–Crippen MR) is 50.2 cm³/mol. The van der Waals surface area contributed by atoms with Crippen molar-refractivity contribution >= 4 is 0 Å². The second kappa shape index (κ2) is 4.65. The maximum Gasteiger partial charge on any atom is 0.134 e. The monoisotopic (exact) mass is 179 g/mol. The Labute approximate surface area is 77.8 Å². The van der Waals surface area contributed by atoms with E-state index in [2.05, 4.69) is 6.07 Å². The second-order valence-electron chi connectivity index (χ2n) is 2.80. The molecule has 0 saturated carbocycles. The zero-order valence-electron chi connectivity index (χ0n) is 7.80. The lowest BCUT2D eigenvalue weighted by molar-refractivity contribution is 0.350. The van der Waals surface area contributed by atoms with Gasteiger partial charge >= 0.3 is 0 Å². The summed E-state index contributed by atoms with van der Waals surface area (Å²) >= 11 is 0. The summed E-state index contributed by atoms with van der Waals surface area (Å²) < 4.78 is 17.9. The van der Waals surface area contributed by atoms with Gasteiger partial charge in [0.05, 0.1) is 0 Å². The zero-order chi connectivity index (χ0) is 9.68. The first-order valence-corrected chi connectivity index (χ1v) is 4.14. The van der Waals surface area contributed by atoms with E-state index < -0.39 is 5.82 Å². The largest absolute Gasteiger partial charge is 0.489 e. The van der Waals surface area contributed by atoms with Crippen molar-refractivity contribution in [1.82, 2.24) is 0 Å². The van der Waals surface area contributed by atoms with Crippen LogP contribution < -0.4 is 4.74 Å². The Kier molecular flexibility index (Phi) is 3.50. The Hall–Kier alpha value is -1.31. The Balaban J connectivity index is 2.55. The smallest absolute Gasteiger partial charge is 0.134 e. The van der Waals surface area contributed by atoms with Gasteiger partial charge in [-0.05, 0) is 31.6 Å². The summed E-state index contributed by atoms with van der Waals surface area (Å²) in [5.74, 6) is 0.146. The molecule has 1 nitrogen and oxygen atoms in total. The molecular formula is C11H12FO. The maximum atomic E-state index is 12.6. The number of hydrogen-bond acceptors (Lipinski definition) is 1. The van der Waals surface area contributed by atoms with Crippen molar-refractivity contribution in [2.24, 2.45) is 0 Å². The number of hydrogen-bond donors (Lipinski definition) is 0. The standard InChI is InChI=1S/C11H12FO/c1-3-9(2)8-13-11-6-4-5-10(12)7-11/h3-4,6-7H,8H2,1-2H3. The van der Waals surface area contributed by atoms with Crippen LogP contribution in [0.15, 0.2) is 29.8 Å². The molecule has 0 aliphatic rings.